The second-order valence-corrected chi connectivity index (χ2v) is 6.72. The van der Waals surface area contributed by atoms with Crippen LogP contribution in [0.4, 0.5) is 5.82 Å². The molecule has 1 fully saturated rings. The molecule has 25 heavy (non-hydrogen) atoms. The van der Waals surface area contributed by atoms with E-state index in [1.54, 1.807) is 6.33 Å². The van der Waals surface area contributed by atoms with Gasteiger partial charge in [0.1, 0.15) is 17.5 Å². The number of anilines is 1. The first-order valence-corrected chi connectivity index (χ1v) is 8.69. The minimum absolute atomic E-state index is 0.560. The van der Waals surface area contributed by atoms with Gasteiger partial charge in [-0.1, -0.05) is 23.4 Å². The summed E-state index contributed by atoms with van der Waals surface area (Å²) in [5.74, 6) is 1.50. The second kappa shape index (κ2) is 5.58. The van der Waals surface area contributed by atoms with Crippen LogP contribution in [0.25, 0.3) is 22.0 Å². The van der Waals surface area contributed by atoms with Crippen molar-refractivity contribution in [1.82, 2.24) is 20.1 Å². The number of nitrogens with zero attached hydrogens (tertiary/aromatic N) is 4. The van der Waals surface area contributed by atoms with Crippen LogP contribution in [0.1, 0.15) is 30.1 Å². The van der Waals surface area contributed by atoms with E-state index in [0.717, 1.165) is 42.8 Å². The van der Waals surface area contributed by atoms with Gasteiger partial charge < -0.3 is 14.4 Å². The van der Waals surface area contributed by atoms with Crippen molar-refractivity contribution in [3.05, 3.63) is 48.0 Å². The van der Waals surface area contributed by atoms with Crippen molar-refractivity contribution in [3.63, 3.8) is 0 Å². The lowest BCUT2D eigenvalue weighted by molar-refractivity contribution is 0.442. The van der Waals surface area contributed by atoms with Gasteiger partial charge in [-0.25, -0.2) is 4.98 Å². The monoisotopic (exact) mass is 333 g/mol. The first-order valence-electron chi connectivity index (χ1n) is 8.69. The van der Waals surface area contributed by atoms with Crippen molar-refractivity contribution in [3.8, 4) is 0 Å². The van der Waals surface area contributed by atoms with Crippen molar-refractivity contribution < 1.29 is 4.52 Å². The van der Waals surface area contributed by atoms with E-state index in [4.69, 9.17) is 4.52 Å². The Labute approximate surface area is 144 Å². The van der Waals surface area contributed by atoms with E-state index in [9.17, 15) is 0 Å². The van der Waals surface area contributed by atoms with E-state index < -0.39 is 0 Å². The normalized spacial score (nSPS) is 16.1. The maximum atomic E-state index is 5.27. The van der Waals surface area contributed by atoms with Crippen LogP contribution in [-0.2, 0) is 0 Å². The maximum absolute atomic E-state index is 5.27. The molecule has 4 heterocycles. The molecule has 1 saturated heterocycles. The summed E-state index contributed by atoms with van der Waals surface area (Å²) in [4.78, 5) is 14.6. The summed E-state index contributed by atoms with van der Waals surface area (Å²) in [6.07, 6.45) is 3.76. The Balaban J connectivity index is 1.39. The fourth-order valence-electron chi connectivity index (χ4n) is 3.86. The third-order valence-corrected chi connectivity index (χ3v) is 5.21. The molecule has 3 aromatic heterocycles. The Morgan fingerprint density at radius 3 is 2.84 bits per heavy atom. The molecule has 6 heteroatoms. The Kier molecular flexibility index (Phi) is 3.23. The molecule has 0 aliphatic carbocycles. The largest absolute Gasteiger partial charge is 0.358 e. The van der Waals surface area contributed by atoms with Gasteiger partial charge in [-0.15, -0.1) is 0 Å². The number of piperidine rings is 1. The van der Waals surface area contributed by atoms with Gasteiger partial charge in [0.05, 0.1) is 5.69 Å². The van der Waals surface area contributed by atoms with Gasteiger partial charge >= 0.3 is 0 Å². The van der Waals surface area contributed by atoms with Gasteiger partial charge in [0.15, 0.2) is 0 Å². The maximum Gasteiger partial charge on any atom is 0.263 e. The van der Waals surface area contributed by atoms with E-state index in [0.29, 0.717) is 11.6 Å². The number of para-hydroxylation sites is 1. The Bertz CT molecular complexity index is 1010. The SMILES string of the molecule is Cc1noc2ncnc(N3CCC(c4cc5ccccc5[nH]4)CC3)c12. The van der Waals surface area contributed by atoms with E-state index in [2.05, 4.69) is 55.3 Å². The minimum Gasteiger partial charge on any atom is -0.358 e. The van der Waals surface area contributed by atoms with E-state index in [1.807, 2.05) is 6.92 Å². The fraction of sp³-hybridized carbons (Fsp3) is 0.316. The number of aryl methyl sites for hydroxylation is 1. The first-order chi connectivity index (χ1) is 12.3. The Morgan fingerprint density at radius 1 is 1.16 bits per heavy atom. The van der Waals surface area contributed by atoms with Crippen LogP contribution < -0.4 is 4.90 Å². The topological polar surface area (TPSA) is 70.8 Å². The van der Waals surface area contributed by atoms with Crippen molar-refractivity contribution in [1.29, 1.82) is 0 Å². The number of nitrogens with one attached hydrogen (secondary N) is 1. The summed E-state index contributed by atoms with van der Waals surface area (Å²) in [5, 5.41) is 6.25. The zero-order valence-electron chi connectivity index (χ0n) is 14.1. The molecule has 0 atom stereocenters. The Hall–Kier alpha value is -2.89. The second-order valence-electron chi connectivity index (χ2n) is 6.72. The summed E-state index contributed by atoms with van der Waals surface area (Å²) in [7, 11) is 0. The van der Waals surface area contributed by atoms with Crippen LogP contribution in [0.15, 0.2) is 41.2 Å². The van der Waals surface area contributed by atoms with Crippen molar-refractivity contribution in [2.45, 2.75) is 25.7 Å². The number of fused-ring (bicyclic) bond motifs is 2. The van der Waals surface area contributed by atoms with Crippen molar-refractivity contribution >= 4 is 27.8 Å². The summed E-state index contributed by atoms with van der Waals surface area (Å²) >= 11 is 0. The van der Waals surface area contributed by atoms with E-state index in [1.165, 1.54) is 16.6 Å². The Morgan fingerprint density at radius 2 is 2.00 bits per heavy atom. The standard InChI is InChI=1S/C19H19N5O/c1-12-17-18(20-11-21-19(17)25-23-12)24-8-6-13(7-9-24)16-10-14-4-2-3-5-15(14)22-16/h2-5,10-11,13,22H,6-9H2,1H3. The predicted molar refractivity (Wildman–Crippen MR) is 96.8 cm³/mol. The zero-order chi connectivity index (χ0) is 16.8. The summed E-state index contributed by atoms with van der Waals surface area (Å²) in [6, 6.07) is 10.8. The van der Waals surface area contributed by atoms with Gasteiger partial charge in [-0.2, -0.15) is 4.98 Å². The number of hydrogen-bond acceptors (Lipinski definition) is 5. The number of H-pyrrole nitrogens is 1. The molecular formula is C19H19N5O. The van der Waals surface area contributed by atoms with Crippen LogP contribution in [0.2, 0.25) is 0 Å². The summed E-state index contributed by atoms with van der Waals surface area (Å²) in [6.45, 7) is 3.88. The van der Waals surface area contributed by atoms with E-state index >= 15 is 0 Å². The minimum atomic E-state index is 0.560. The summed E-state index contributed by atoms with van der Waals surface area (Å²) < 4.78 is 5.27. The zero-order valence-corrected chi connectivity index (χ0v) is 14.1. The van der Waals surface area contributed by atoms with Crippen LogP contribution in [0, 0.1) is 6.92 Å². The van der Waals surface area contributed by atoms with Crippen molar-refractivity contribution in [2.24, 2.45) is 0 Å². The van der Waals surface area contributed by atoms with Crippen LogP contribution >= 0.6 is 0 Å². The highest BCUT2D eigenvalue weighted by molar-refractivity contribution is 5.87. The molecule has 0 saturated carbocycles. The molecular weight excluding hydrogens is 314 g/mol. The molecule has 1 aromatic carbocycles. The lowest BCUT2D eigenvalue weighted by Gasteiger charge is -2.32. The number of hydrogen-bond donors (Lipinski definition) is 1. The molecule has 5 rings (SSSR count). The first kappa shape index (κ1) is 14.5. The predicted octanol–water partition coefficient (Wildman–Crippen LogP) is 3.79. The molecule has 0 radical (unpaired) electrons. The molecule has 6 nitrogen and oxygen atoms in total. The van der Waals surface area contributed by atoms with Gasteiger partial charge in [-0.05, 0) is 37.3 Å². The molecule has 0 spiro atoms. The van der Waals surface area contributed by atoms with Crippen LogP contribution in [0.3, 0.4) is 0 Å². The molecule has 0 amide bonds. The fourth-order valence-corrected chi connectivity index (χ4v) is 3.86. The van der Waals surface area contributed by atoms with Crippen LogP contribution in [0.5, 0.6) is 0 Å². The average Bonchev–Trinajstić information content (AvgIpc) is 3.26. The number of rotatable bonds is 2. The molecule has 1 aliphatic heterocycles. The highest BCUT2D eigenvalue weighted by Gasteiger charge is 2.25. The smallest absolute Gasteiger partial charge is 0.263 e. The molecule has 0 bridgehead atoms. The lowest BCUT2D eigenvalue weighted by atomic mass is 9.93. The third-order valence-electron chi connectivity index (χ3n) is 5.21. The number of aromatic nitrogens is 4. The summed E-state index contributed by atoms with van der Waals surface area (Å²) in [5.41, 5.74) is 3.98. The average molecular weight is 333 g/mol. The molecule has 1 aliphatic rings. The number of aromatic amines is 1. The van der Waals surface area contributed by atoms with Gasteiger partial charge in [0.2, 0.25) is 0 Å². The van der Waals surface area contributed by atoms with E-state index in [-0.39, 0.29) is 0 Å². The number of benzene rings is 1. The van der Waals surface area contributed by atoms with Gasteiger partial charge in [0, 0.05) is 30.2 Å². The van der Waals surface area contributed by atoms with Gasteiger partial charge in [0.25, 0.3) is 5.71 Å². The lowest BCUT2D eigenvalue weighted by Crippen LogP contribution is -2.33. The van der Waals surface area contributed by atoms with Crippen LogP contribution in [-0.4, -0.2) is 33.2 Å². The molecule has 126 valence electrons. The highest BCUT2D eigenvalue weighted by atomic mass is 16.5. The highest BCUT2D eigenvalue weighted by Crippen LogP contribution is 2.33. The molecule has 0 unspecified atom stereocenters. The third kappa shape index (κ3) is 2.36. The van der Waals surface area contributed by atoms with Crippen molar-refractivity contribution in [2.75, 3.05) is 18.0 Å². The molecule has 1 N–H and O–H groups in total. The van der Waals surface area contributed by atoms with Gasteiger partial charge in [-0.3, -0.25) is 0 Å². The quantitative estimate of drug-likeness (QED) is 0.604. The molecule has 4 aromatic rings.